The molecule has 94 valence electrons. The number of carbonyl (C=O) groups is 1. The first-order chi connectivity index (χ1) is 8.60. The maximum absolute atomic E-state index is 12.0. The largest absolute Gasteiger partial charge is 0.382 e. The van der Waals surface area contributed by atoms with E-state index in [4.69, 9.17) is 5.73 Å². The fourth-order valence-electron chi connectivity index (χ4n) is 1.32. The number of amides is 1. The smallest absolute Gasteiger partial charge is 0.269 e. The molecule has 0 aliphatic heterocycles. The van der Waals surface area contributed by atoms with Gasteiger partial charge in [0.05, 0.1) is 0 Å². The zero-order valence-corrected chi connectivity index (χ0v) is 11.9. The molecule has 0 bridgehead atoms. The average molecular weight is 327 g/mol. The second kappa shape index (κ2) is 5.36. The van der Waals surface area contributed by atoms with Gasteiger partial charge in [0.25, 0.3) is 5.91 Å². The molecule has 2 aromatic rings. The summed E-state index contributed by atoms with van der Waals surface area (Å²) in [7, 11) is 1.73. The normalized spacial score (nSPS) is 10.1. The highest BCUT2D eigenvalue weighted by Crippen LogP contribution is 2.25. The summed E-state index contributed by atoms with van der Waals surface area (Å²) in [6.45, 7) is 0. The zero-order valence-electron chi connectivity index (χ0n) is 9.53. The van der Waals surface area contributed by atoms with E-state index in [1.54, 1.807) is 19.2 Å². The lowest BCUT2D eigenvalue weighted by molar-refractivity contribution is 0.103. The number of thiazole rings is 1. The Morgan fingerprint density at radius 1 is 1.39 bits per heavy atom. The summed E-state index contributed by atoms with van der Waals surface area (Å²) in [6.07, 6.45) is 0. The Bertz CT molecular complexity index is 567. The molecule has 0 unspecified atom stereocenters. The molecule has 0 saturated carbocycles. The third kappa shape index (κ3) is 2.80. The molecule has 1 aromatic heterocycles. The Morgan fingerprint density at radius 3 is 2.61 bits per heavy atom. The Labute approximate surface area is 117 Å². The van der Waals surface area contributed by atoms with Crippen molar-refractivity contribution in [2.45, 2.75) is 0 Å². The van der Waals surface area contributed by atoms with E-state index in [1.807, 2.05) is 12.1 Å². The van der Waals surface area contributed by atoms with Crippen LogP contribution in [-0.4, -0.2) is 17.9 Å². The molecule has 0 saturated heterocycles. The van der Waals surface area contributed by atoms with Crippen molar-refractivity contribution in [3.8, 4) is 0 Å². The number of nitrogens with one attached hydrogen (secondary N) is 2. The van der Waals surface area contributed by atoms with Crippen LogP contribution in [0.3, 0.4) is 0 Å². The first kappa shape index (κ1) is 12.8. The average Bonchev–Trinajstić information content (AvgIpc) is 2.73. The van der Waals surface area contributed by atoms with Crippen LogP contribution < -0.4 is 16.4 Å². The summed E-state index contributed by atoms with van der Waals surface area (Å²) in [5.74, 6) is -0.0206. The van der Waals surface area contributed by atoms with Gasteiger partial charge in [-0.25, -0.2) is 4.98 Å². The van der Waals surface area contributed by atoms with Crippen molar-refractivity contribution in [1.29, 1.82) is 0 Å². The van der Waals surface area contributed by atoms with Crippen LogP contribution in [0.2, 0.25) is 0 Å². The summed E-state index contributed by atoms with van der Waals surface area (Å²) in [6, 6.07) is 7.31. The van der Waals surface area contributed by atoms with E-state index in [-0.39, 0.29) is 11.7 Å². The van der Waals surface area contributed by atoms with Gasteiger partial charge in [-0.1, -0.05) is 27.3 Å². The molecule has 5 nitrogen and oxygen atoms in total. The van der Waals surface area contributed by atoms with Crippen LogP contribution in [0.25, 0.3) is 0 Å². The molecular formula is C11H11BrN4OS. The van der Waals surface area contributed by atoms with Crippen molar-refractivity contribution in [1.82, 2.24) is 4.98 Å². The van der Waals surface area contributed by atoms with Crippen molar-refractivity contribution >= 4 is 49.8 Å². The van der Waals surface area contributed by atoms with Crippen LogP contribution in [0.5, 0.6) is 0 Å². The SMILES string of the molecule is CNc1nc(N)c(C(=O)Nc2ccc(Br)cc2)s1. The van der Waals surface area contributed by atoms with Gasteiger partial charge in [-0.05, 0) is 24.3 Å². The molecule has 7 heteroatoms. The van der Waals surface area contributed by atoms with Gasteiger partial charge in [-0.15, -0.1) is 0 Å². The lowest BCUT2D eigenvalue weighted by Crippen LogP contribution is -2.12. The van der Waals surface area contributed by atoms with Gasteiger partial charge in [-0.3, -0.25) is 4.79 Å². The van der Waals surface area contributed by atoms with Crippen LogP contribution in [-0.2, 0) is 0 Å². The lowest BCUT2D eigenvalue weighted by Gasteiger charge is -2.03. The molecule has 18 heavy (non-hydrogen) atoms. The molecule has 0 spiro atoms. The summed E-state index contributed by atoms with van der Waals surface area (Å²) in [5.41, 5.74) is 6.40. The molecule has 0 aliphatic carbocycles. The predicted molar refractivity (Wildman–Crippen MR) is 78.2 cm³/mol. The van der Waals surface area contributed by atoms with E-state index in [0.29, 0.717) is 15.7 Å². The molecule has 0 radical (unpaired) electrons. The molecule has 0 atom stereocenters. The molecule has 0 fully saturated rings. The Kier molecular flexibility index (Phi) is 3.83. The standard InChI is InChI=1S/C11H11BrN4OS/c1-14-11-16-9(13)8(18-11)10(17)15-7-4-2-6(12)3-5-7/h2-5H,13H2,1H3,(H,14,16)(H,15,17). The zero-order chi connectivity index (χ0) is 13.1. The molecular weight excluding hydrogens is 316 g/mol. The minimum absolute atomic E-state index is 0.235. The van der Waals surface area contributed by atoms with Crippen LogP contribution in [0.1, 0.15) is 9.67 Å². The minimum atomic E-state index is -0.256. The summed E-state index contributed by atoms with van der Waals surface area (Å²) in [4.78, 5) is 16.4. The monoisotopic (exact) mass is 326 g/mol. The van der Waals surface area contributed by atoms with Crippen molar-refractivity contribution in [3.63, 3.8) is 0 Å². The van der Waals surface area contributed by atoms with Crippen molar-refractivity contribution < 1.29 is 4.79 Å². The van der Waals surface area contributed by atoms with Gasteiger partial charge in [-0.2, -0.15) is 0 Å². The van der Waals surface area contributed by atoms with E-state index < -0.39 is 0 Å². The maximum Gasteiger partial charge on any atom is 0.269 e. The van der Waals surface area contributed by atoms with E-state index in [9.17, 15) is 4.79 Å². The summed E-state index contributed by atoms with van der Waals surface area (Å²) < 4.78 is 0.954. The number of nitrogens with two attached hydrogens (primary N) is 1. The first-order valence-corrected chi connectivity index (χ1v) is 6.72. The van der Waals surface area contributed by atoms with Crippen LogP contribution in [0.15, 0.2) is 28.7 Å². The lowest BCUT2D eigenvalue weighted by atomic mass is 10.3. The topological polar surface area (TPSA) is 80.0 Å². The predicted octanol–water partition coefficient (Wildman–Crippen LogP) is 2.78. The van der Waals surface area contributed by atoms with E-state index >= 15 is 0 Å². The molecule has 2 rings (SSSR count). The number of benzene rings is 1. The number of aromatic nitrogens is 1. The highest BCUT2D eigenvalue weighted by Gasteiger charge is 2.15. The molecule has 0 aliphatic rings. The van der Waals surface area contributed by atoms with Gasteiger partial charge in [0.2, 0.25) is 0 Å². The maximum atomic E-state index is 12.0. The number of nitrogens with zero attached hydrogens (tertiary/aromatic N) is 1. The molecule has 4 N–H and O–H groups in total. The van der Waals surface area contributed by atoms with Crippen molar-refractivity contribution in [2.75, 3.05) is 23.4 Å². The number of anilines is 3. The van der Waals surface area contributed by atoms with Crippen molar-refractivity contribution in [2.24, 2.45) is 0 Å². The number of hydrogen-bond donors (Lipinski definition) is 3. The fourth-order valence-corrected chi connectivity index (χ4v) is 2.32. The number of halogens is 1. The quantitative estimate of drug-likeness (QED) is 0.810. The van der Waals surface area contributed by atoms with Gasteiger partial charge in [0.15, 0.2) is 5.13 Å². The number of rotatable bonds is 3. The number of nitrogen functional groups attached to an aromatic ring is 1. The van der Waals surface area contributed by atoms with Gasteiger partial charge in [0, 0.05) is 17.2 Å². The minimum Gasteiger partial charge on any atom is -0.382 e. The highest BCUT2D eigenvalue weighted by molar-refractivity contribution is 9.10. The van der Waals surface area contributed by atoms with Crippen LogP contribution in [0.4, 0.5) is 16.6 Å². The highest BCUT2D eigenvalue weighted by atomic mass is 79.9. The third-order valence-electron chi connectivity index (χ3n) is 2.18. The van der Waals surface area contributed by atoms with E-state index in [0.717, 1.165) is 4.47 Å². The van der Waals surface area contributed by atoms with Gasteiger partial charge < -0.3 is 16.4 Å². The molecule has 1 amide bonds. The fraction of sp³-hybridized carbons (Fsp3) is 0.0909. The summed E-state index contributed by atoms with van der Waals surface area (Å²) >= 11 is 4.55. The first-order valence-electron chi connectivity index (χ1n) is 5.11. The second-order valence-corrected chi connectivity index (χ2v) is 5.36. The van der Waals surface area contributed by atoms with Gasteiger partial charge in [0.1, 0.15) is 10.7 Å². The summed E-state index contributed by atoms with van der Waals surface area (Å²) in [5, 5.41) is 6.24. The van der Waals surface area contributed by atoms with Gasteiger partial charge >= 0.3 is 0 Å². The van der Waals surface area contributed by atoms with Crippen LogP contribution >= 0.6 is 27.3 Å². The van der Waals surface area contributed by atoms with E-state index in [2.05, 4.69) is 31.5 Å². The Balaban J connectivity index is 2.16. The molecule has 1 aromatic carbocycles. The number of carbonyl (C=O) groups excluding carboxylic acids is 1. The Morgan fingerprint density at radius 2 is 2.06 bits per heavy atom. The second-order valence-electron chi connectivity index (χ2n) is 3.44. The van der Waals surface area contributed by atoms with Crippen molar-refractivity contribution in [3.05, 3.63) is 33.6 Å². The van der Waals surface area contributed by atoms with E-state index in [1.165, 1.54) is 11.3 Å². The van der Waals surface area contributed by atoms with Crippen LogP contribution in [0, 0.1) is 0 Å². The molecule has 1 heterocycles. The third-order valence-corrected chi connectivity index (χ3v) is 3.79. The Hall–Kier alpha value is -1.60. The number of hydrogen-bond acceptors (Lipinski definition) is 5.